The summed E-state index contributed by atoms with van der Waals surface area (Å²) in [7, 11) is 0. The first kappa shape index (κ1) is 36.5. The van der Waals surface area contributed by atoms with Crippen LogP contribution < -0.4 is 4.90 Å². The first-order valence-electron chi connectivity index (χ1n) is 22.3. The van der Waals surface area contributed by atoms with Crippen molar-refractivity contribution in [3.05, 3.63) is 276 Å². The zero-order valence-corrected chi connectivity index (χ0v) is 35.1. The maximum atomic E-state index is 2.51. The molecule has 2 heteroatoms. The number of para-hydroxylation sites is 2. The summed E-state index contributed by atoms with van der Waals surface area (Å²) < 4.78 is 2.40. The molecule has 0 N–H and O–H groups in total. The van der Waals surface area contributed by atoms with Crippen molar-refractivity contribution < 1.29 is 0 Å². The average molecular weight is 815 g/mol. The number of anilines is 3. The Balaban J connectivity index is 1.01. The second kappa shape index (κ2) is 14.7. The van der Waals surface area contributed by atoms with Gasteiger partial charge in [0, 0.05) is 39.7 Å². The molecule has 3 aliphatic rings. The SMILES string of the molecule is c1ccc(-c2ccc(N(c3ccc(-c4ccc5c6ccccc6n(-c6ccccc6)c5c4)cc3)c3ccc(-c4ccccc4)c4c3C3c5ccccc5C4c4ccccc43)cc2)cc1. The van der Waals surface area contributed by atoms with Crippen LogP contribution in [-0.2, 0) is 0 Å². The largest absolute Gasteiger partial charge is 0.310 e. The summed E-state index contributed by atoms with van der Waals surface area (Å²) in [6.07, 6.45) is 0. The van der Waals surface area contributed by atoms with Crippen LogP contribution in [0.15, 0.2) is 243 Å². The molecule has 0 fully saturated rings. The summed E-state index contributed by atoms with van der Waals surface area (Å²) in [5.41, 5.74) is 22.8. The van der Waals surface area contributed by atoms with E-state index in [0.717, 1.165) is 17.1 Å². The normalized spacial score (nSPS) is 14.6. The molecule has 10 aromatic carbocycles. The van der Waals surface area contributed by atoms with Crippen molar-refractivity contribution in [1.29, 1.82) is 0 Å². The Kier molecular flexibility index (Phi) is 8.39. The van der Waals surface area contributed by atoms with Gasteiger partial charge >= 0.3 is 0 Å². The molecule has 1 heterocycles. The third-order valence-electron chi connectivity index (χ3n) is 13.8. The van der Waals surface area contributed by atoms with E-state index in [1.807, 2.05) is 0 Å². The predicted molar refractivity (Wildman–Crippen MR) is 267 cm³/mol. The first-order valence-corrected chi connectivity index (χ1v) is 22.3. The van der Waals surface area contributed by atoms with Gasteiger partial charge in [0.25, 0.3) is 0 Å². The highest BCUT2D eigenvalue weighted by Crippen LogP contribution is 2.61. The fourth-order valence-electron chi connectivity index (χ4n) is 11.0. The number of rotatable bonds is 7. The maximum Gasteiger partial charge on any atom is 0.0547 e. The topological polar surface area (TPSA) is 8.17 Å². The molecule has 11 aromatic rings. The fraction of sp³-hybridized carbons (Fsp3) is 0.0323. The van der Waals surface area contributed by atoms with E-state index in [-0.39, 0.29) is 11.8 Å². The predicted octanol–water partition coefficient (Wildman–Crippen LogP) is 16.2. The lowest BCUT2D eigenvalue weighted by atomic mass is 9.59. The van der Waals surface area contributed by atoms with Crippen LogP contribution in [0.5, 0.6) is 0 Å². The Morgan fingerprint density at radius 2 is 0.766 bits per heavy atom. The molecule has 0 unspecified atom stereocenters. The smallest absolute Gasteiger partial charge is 0.0547 e. The van der Waals surface area contributed by atoms with Gasteiger partial charge in [-0.1, -0.05) is 188 Å². The molecule has 0 saturated heterocycles. The van der Waals surface area contributed by atoms with Crippen molar-refractivity contribution >= 4 is 38.9 Å². The molecular weight excluding hydrogens is 773 g/mol. The summed E-state index contributed by atoms with van der Waals surface area (Å²) in [4.78, 5) is 2.51. The van der Waals surface area contributed by atoms with E-state index in [2.05, 4.69) is 252 Å². The summed E-state index contributed by atoms with van der Waals surface area (Å²) in [6, 6.07) is 89.6. The Bertz CT molecular complexity index is 3480. The minimum Gasteiger partial charge on any atom is -0.310 e. The number of benzene rings is 10. The lowest BCUT2D eigenvalue weighted by molar-refractivity contribution is 0.755. The molecule has 0 aliphatic heterocycles. The number of nitrogens with zero attached hydrogens (tertiary/aromatic N) is 2. The van der Waals surface area contributed by atoms with Crippen LogP contribution in [0.4, 0.5) is 17.1 Å². The Labute approximate surface area is 373 Å². The lowest BCUT2D eigenvalue weighted by Crippen LogP contribution is -2.30. The van der Waals surface area contributed by atoms with Gasteiger partial charge in [0.1, 0.15) is 0 Å². The third-order valence-corrected chi connectivity index (χ3v) is 13.8. The van der Waals surface area contributed by atoms with Gasteiger partial charge in [-0.15, -0.1) is 0 Å². The molecule has 3 aliphatic carbocycles. The molecule has 2 nitrogen and oxygen atoms in total. The average Bonchev–Trinajstić information content (AvgIpc) is 3.71. The van der Waals surface area contributed by atoms with Crippen LogP contribution in [0.3, 0.4) is 0 Å². The van der Waals surface area contributed by atoms with Crippen molar-refractivity contribution in [3.63, 3.8) is 0 Å². The van der Waals surface area contributed by atoms with Crippen LogP contribution in [0, 0.1) is 0 Å². The van der Waals surface area contributed by atoms with Gasteiger partial charge in [-0.3, -0.25) is 0 Å². The van der Waals surface area contributed by atoms with Gasteiger partial charge in [-0.2, -0.15) is 0 Å². The summed E-state index contributed by atoms with van der Waals surface area (Å²) in [5.74, 6) is 0.202. The van der Waals surface area contributed by atoms with Gasteiger partial charge in [-0.05, 0) is 121 Å². The van der Waals surface area contributed by atoms with Gasteiger partial charge in [-0.25, -0.2) is 0 Å². The number of hydrogen-bond donors (Lipinski definition) is 0. The summed E-state index contributed by atoms with van der Waals surface area (Å²) in [6.45, 7) is 0. The Hall–Kier alpha value is -8.20. The minimum atomic E-state index is 0.0829. The second-order valence-corrected chi connectivity index (χ2v) is 17.2. The minimum absolute atomic E-state index is 0.0829. The molecular formula is C62H42N2. The van der Waals surface area contributed by atoms with Crippen LogP contribution in [-0.4, -0.2) is 4.57 Å². The van der Waals surface area contributed by atoms with Gasteiger partial charge in [0.05, 0.1) is 16.7 Å². The molecule has 0 atom stereocenters. The maximum absolute atomic E-state index is 2.51. The van der Waals surface area contributed by atoms with Crippen molar-refractivity contribution in [2.24, 2.45) is 0 Å². The van der Waals surface area contributed by atoms with E-state index in [1.54, 1.807) is 0 Å². The standard InChI is InChI=1S/C62H42N2/c1-4-16-41(17-5-1)42-28-33-47(34-29-42)63(48-35-30-43(31-36-48)45-32-37-51-50-22-14-15-27-56(50)64(58(51)40-45)46-20-8-3-9-21-46)57-39-38-49(44-18-6-2-7-19-44)61-59-52-23-10-12-25-54(52)60(62(57)61)55-26-13-11-24-53(55)59/h1-40,59-60H. The molecule has 300 valence electrons. The van der Waals surface area contributed by atoms with Gasteiger partial charge in [0.2, 0.25) is 0 Å². The molecule has 0 saturated carbocycles. The highest BCUT2D eigenvalue weighted by atomic mass is 15.1. The van der Waals surface area contributed by atoms with E-state index in [9.17, 15) is 0 Å². The molecule has 2 bridgehead atoms. The van der Waals surface area contributed by atoms with Crippen molar-refractivity contribution in [2.45, 2.75) is 11.8 Å². The van der Waals surface area contributed by atoms with E-state index in [1.165, 1.54) is 94.3 Å². The summed E-state index contributed by atoms with van der Waals surface area (Å²) >= 11 is 0. The van der Waals surface area contributed by atoms with E-state index in [0.29, 0.717) is 0 Å². The second-order valence-electron chi connectivity index (χ2n) is 17.2. The van der Waals surface area contributed by atoms with Crippen LogP contribution in [0.25, 0.3) is 60.9 Å². The molecule has 0 amide bonds. The molecule has 0 radical (unpaired) electrons. The lowest BCUT2D eigenvalue weighted by Gasteiger charge is -2.45. The van der Waals surface area contributed by atoms with Crippen LogP contribution in [0.2, 0.25) is 0 Å². The van der Waals surface area contributed by atoms with Crippen LogP contribution >= 0.6 is 0 Å². The van der Waals surface area contributed by atoms with Crippen molar-refractivity contribution in [2.75, 3.05) is 4.90 Å². The van der Waals surface area contributed by atoms with Gasteiger partial charge < -0.3 is 9.47 Å². The quantitative estimate of drug-likeness (QED) is 0.156. The molecule has 0 spiro atoms. The van der Waals surface area contributed by atoms with E-state index >= 15 is 0 Å². The van der Waals surface area contributed by atoms with E-state index < -0.39 is 0 Å². The van der Waals surface area contributed by atoms with Gasteiger partial charge in [0.15, 0.2) is 0 Å². The Morgan fingerprint density at radius 1 is 0.312 bits per heavy atom. The molecule has 64 heavy (non-hydrogen) atoms. The number of fused-ring (bicyclic) bond motifs is 3. The monoisotopic (exact) mass is 814 g/mol. The highest BCUT2D eigenvalue weighted by Gasteiger charge is 2.44. The molecule has 14 rings (SSSR count). The Morgan fingerprint density at radius 3 is 1.38 bits per heavy atom. The molecule has 1 aromatic heterocycles. The number of hydrogen-bond acceptors (Lipinski definition) is 1. The number of aromatic nitrogens is 1. The fourth-order valence-corrected chi connectivity index (χ4v) is 11.0. The third kappa shape index (κ3) is 5.66. The first-order chi connectivity index (χ1) is 31.8. The van der Waals surface area contributed by atoms with Crippen molar-refractivity contribution in [3.8, 4) is 39.1 Å². The van der Waals surface area contributed by atoms with E-state index in [4.69, 9.17) is 0 Å². The highest BCUT2D eigenvalue weighted by molar-refractivity contribution is 6.10. The zero-order chi connectivity index (χ0) is 42.1. The summed E-state index contributed by atoms with van der Waals surface area (Å²) in [5, 5.41) is 2.52. The zero-order valence-electron chi connectivity index (χ0n) is 35.1. The van der Waals surface area contributed by atoms with Crippen LogP contribution in [0.1, 0.15) is 45.2 Å². The van der Waals surface area contributed by atoms with Crippen molar-refractivity contribution in [1.82, 2.24) is 4.57 Å².